The van der Waals surface area contributed by atoms with Gasteiger partial charge in [0.15, 0.2) is 0 Å². The topological polar surface area (TPSA) is 50.4 Å². The second-order valence-corrected chi connectivity index (χ2v) is 6.22. The zero-order valence-corrected chi connectivity index (χ0v) is 13.7. The number of rotatable bonds is 7. The third-order valence-electron chi connectivity index (χ3n) is 4.26. The zero-order chi connectivity index (χ0) is 14.5. The quantitative estimate of drug-likeness (QED) is 0.809. The van der Waals surface area contributed by atoms with Crippen LogP contribution in [0.25, 0.3) is 0 Å². The standard InChI is InChI=1S/C17H24N2O2.ClH/c20-17(8-3-13-9-10-18-11-13)19-15-4-6-16(7-5-15)21-12-14-1-2-14;/h4-7,13-14,18H,1-3,8-12H2,(H,19,20);1H. The highest BCUT2D eigenvalue weighted by atomic mass is 35.5. The number of amides is 1. The summed E-state index contributed by atoms with van der Waals surface area (Å²) in [6.07, 6.45) is 5.36. The van der Waals surface area contributed by atoms with Crippen molar-refractivity contribution in [3.05, 3.63) is 24.3 Å². The molecule has 1 aliphatic heterocycles. The van der Waals surface area contributed by atoms with Gasteiger partial charge in [0.25, 0.3) is 0 Å². The number of hydrogen-bond donors (Lipinski definition) is 2. The highest BCUT2D eigenvalue weighted by molar-refractivity contribution is 5.90. The fraction of sp³-hybridized carbons (Fsp3) is 0.588. The second-order valence-electron chi connectivity index (χ2n) is 6.22. The van der Waals surface area contributed by atoms with E-state index in [1.165, 1.54) is 19.3 Å². The van der Waals surface area contributed by atoms with Crippen molar-refractivity contribution in [2.24, 2.45) is 11.8 Å². The third kappa shape index (κ3) is 5.50. The van der Waals surface area contributed by atoms with Crippen LogP contribution in [0.1, 0.15) is 32.1 Å². The van der Waals surface area contributed by atoms with E-state index in [-0.39, 0.29) is 18.3 Å². The lowest BCUT2D eigenvalue weighted by Crippen LogP contribution is -2.15. The monoisotopic (exact) mass is 324 g/mol. The summed E-state index contributed by atoms with van der Waals surface area (Å²) in [5, 5.41) is 6.29. The molecule has 1 heterocycles. The van der Waals surface area contributed by atoms with Gasteiger partial charge in [-0.2, -0.15) is 0 Å². The molecule has 1 atom stereocenters. The van der Waals surface area contributed by atoms with E-state index in [1.807, 2.05) is 24.3 Å². The summed E-state index contributed by atoms with van der Waals surface area (Å²) in [5.74, 6) is 2.41. The largest absolute Gasteiger partial charge is 0.493 e. The summed E-state index contributed by atoms with van der Waals surface area (Å²) >= 11 is 0. The Morgan fingerprint density at radius 1 is 1.18 bits per heavy atom. The van der Waals surface area contributed by atoms with Gasteiger partial charge in [-0.25, -0.2) is 0 Å². The van der Waals surface area contributed by atoms with Crippen LogP contribution in [0.5, 0.6) is 5.75 Å². The molecule has 3 rings (SSSR count). The lowest BCUT2D eigenvalue weighted by Gasteiger charge is -2.10. The van der Waals surface area contributed by atoms with Crippen LogP contribution >= 0.6 is 12.4 Å². The van der Waals surface area contributed by atoms with Gasteiger partial charge < -0.3 is 15.4 Å². The number of benzene rings is 1. The number of halogens is 1. The molecule has 0 spiro atoms. The molecule has 5 heteroatoms. The number of ether oxygens (including phenoxy) is 1. The molecule has 1 aliphatic carbocycles. The normalized spacial score (nSPS) is 20.3. The molecule has 0 bridgehead atoms. The van der Waals surface area contributed by atoms with Crippen LogP contribution in [0, 0.1) is 11.8 Å². The Balaban J connectivity index is 0.00000176. The predicted octanol–water partition coefficient (Wildman–Crippen LogP) is 3.23. The van der Waals surface area contributed by atoms with Crippen LogP contribution < -0.4 is 15.4 Å². The summed E-state index contributed by atoms with van der Waals surface area (Å²) in [7, 11) is 0. The summed E-state index contributed by atoms with van der Waals surface area (Å²) in [6, 6.07) is 7.69. The first-order valence-electron chi connectivity index (χ1n) is 8.03. The first-order chi connectivity index (χ1) is 10.3. The summed E-state index contributed by atoms with van der Waals surface area (Å²) in [6.45, 7) is 2.97. The fourth-order valence-corrected chi connectivity index (χ4v) is 2.65. The molecule has 1 saturated carbocycles. The van der Waals surface area contributed by atoms with Gasteiger partial charge >= 0.3 is 0 Å². The van der Waals surface area contributed by atoms with Crippen LogP contribution in [0.4, 0.5) is 5.69 Å². The minimum absolute atomic E-state index is 0. The highest BCUT2D eigenvalue weighted by Gasteiger charge is 2.21. The number of carbonyl (C=O) groups excluding carboxylic acids is 1. The molecule has 4 nitrogen and oxygen atoms in total. The Bertz CT molecular complexity index is 468. The number of anilines is 1. The smallest absolute Gasteiger partial charge is 0.224 e. The molecule has 0 aromatic heterocycles. The predicted molar refractivity (Wildman–Crippen MR) is 90.7 cm³/mol. The third-order valence-corrected chi connectivity index (χ3v) is 4.26. The number of carbonyl (C=O) groups is 1. The minimum atomic E-state index is 0. The maximum atomic E-state index is 11.9. The van der Waals surface area contributed by atoms with Crippen LogP contribution in [-0.4, -0.2) is 25.6 Å². The summed E-state index contributed by atoms with van der Waals surface area (Å²) in [5.41, 5.74) is 0.850. The SMILES string of the molecule is Cl.O=C(CCC1CCNC1)Nc1ccc(OCC2CC2)cc1. The van der Waals surface area contributed by atoms with Crippen molar-refractivity contribution in [3.63, 3.8) is 0 Å². The summed E-state index contributed by atoms with van der Waals surface area (Å²) in [4.78, 5) is 11.9. The Kier molecular flexibility index (Phi) is 6.52. The Hall–Kier alpha value is -1.26. The molecule has 0 radical (unpaired) electrons. The highest BCUT2D eigenvalue weighted by Crippen LogP contribution is 2.29. The zero-order valence-electron chi connectivity index (χ0n) is 12.8. The van der Waals surface area contributed by atoms with Crippen molar-refractivity contribution in [3.8, 4) is 5.75 Å². The van der Waals surface area contributed by atoms with E-state index < -0.39 is 0 Å². The minimum Gasteiger partial charge on any atom is -0.493 e. The number of nitrogens with one attached hydrogen (secondary N) is 2. The van der Waals surface area contributed by atoms with E-state index in [9.17, 15) is 4.79 Å². The lowest BCUT2D eigenvalue weighted by molar-refractivity contribution is -0.116. The van der Waals surface area contributed by atoms with E-state index in [4.69, 9.17) is 4.74 Å². The van der Waals surface area contributed by atoms with Crippen LogP contribution in [-0.2, 0) is 4.79 Å². The molecular weight excluding hydrogens is 300 g/mol. The first kappa shape index (κ1) is 17.1. The van der Waals surface area contributed by atoms with E-state index in [0.29, 0.717) is 12.3 Å². The van der Waals surface area contributed by atoms with Crippen molar-refractivity contribution in [1.82, 2.24) is 5.32 Å². The number of hydrogen-bond acceptors (Lipinski definition) is 3. The van der Waals surface area contributed by atoms with Crippen molar-refractivity contribution in [1.29, 1.82) is 0 Å². The Labute approximate surface area is 138 Å². The molecular formula is C17H25ClN2O2. The van der Waals surface area contributed by atoms with Gasteiger partial charge in [0.05, 0.1) is 6.61 Å². The van der Waals surface area contributed by atoms with Crippen molar-refractivity contribution >= 4 is 24.0 Å². The van der Waals surface area contributed by atoms with Crippen molar-refractivity contribution in [2.45, 2.75) is 32.1 Å². The van der Waals surface area contributed by atoms with Gasteiger partial charge in [-0.05, 0) is 74.9 Å². The molecule has 2 N–H and O–H groups in total. The van der Waals surface area contributed by atoms with Crippen molar-refractivity contribution in [2.75, 3.05) is 25.0 Å². The van der Waals surface area contributed by atoms with Crippen LogP contribution in [0.15, 0.2) is 24.3 Å². The first-order valence-corrected chi connectivity index (χ1v) is 8.03. The van der Waals surface area contributed by atoms with Crippen LogP contribution in [0.3, 0.4) is 0 Å². The molecule has 22 heavy (non-hydrogen) atoms. The maximum absolute atomic E-state index is 11.9. The van der Waals surface area contributed by atoms with Crippen LogP contribution in [0.2, 0.25) is 0 Å². The van der Waals surface area contributed by atoms with Gasteiger partial charge in [0.1, 0.15) is 5.75 Å². The maximum Gasteiger partial charge on any atom is 0.224 e. The average molecular weight is 325 g/mol. The molecule has 122 valence electrons. The lowest BCUT2D eigenvalue weighted by atomic mass is 10.0. The van der Waals surface area contributed by atoms with E-state index in [0.717, 1.165) is 43.5 Å². The average Bonchev–Trinajstić information content (AvgIpc) is 3.18. The van der Waals surface area contributed by atoms with Gasteiger partial charge in [-0.1, -0.05) is 0 Å². The molecule has 2 aliphatic rings. The van der Waals surface area contributed by atoms with Crippen molar-refractivity contribution < 1.29 is 9.53 Å². The molecule has 1 aromatic rings. The Morgan fingerprint density at radius 2 is 1.95 bits per heavy atom. The summed E-state index contributed by atoms with van der Waals surface area (Å²) < 4.78 is 5.69. The Morgan fingerprint density at radius 3 is 2.59 bits per heavy atom. The van der Waals surface area contributed by atoms with Gasteiger partial charge in [-0.15, -0.1) is 12.4 Å². The van der Waals surface area contributed by atoms with Gasteiger partial charge in [-0.3, -0.25) is 4.79 Å². The van der Waals surface area contributed by atoms with E-state index in [1.54, 1.807) is 0 Å². The van der Waals surface area contributed by atoms with E-state index in [2.05, 4.69) is 10.6 Å². The molecule has 1 unspecified atom stereocenters. The van der Waals surface area contributed by atoms with Gasteiger partial charge in [0.2, 0.25) is 5.91 Å². The molecule has 2 fully saturated rings. The van der Waals surface area contributed by atoms with E-state index >= 15 is 0 Å². The molecule has 1 amide bonds. The fourth-order valence-electron chi connectivity index (χ4n) is 2.65. The second kappa shape index (κ2) is 8.39. The molecule has 1 saturated heterocycles. The molecule has 1 aromatic carbocycles. The van der Waals surface area contributed by atoms with Gasteiger partial charge in [0, 0.05) is 12.1 Å².